The van der Waals surface area contributed by atoms with E-state index in [1.807, 2.05) is 24.3 Å². The third-order valence-corrected chi connectivity index (χ3v) is 2.25. The van der Waals surface area contributed by atoms with Gasteiger partial charge in [0.15, 0.2) is 11.6 Å². The van der Waals surface area contributed by atoms with Crippen LogP contribution in [0.3, 0.4) is 0 Å². The van der Waals surface area contributed by atoms with Crippen LogP contribution in [-0.2, 0) is 6.61 Å². The minimum atomic E-state index is -0.663. The summed E-state index contributed by atoms with van der Waals surface area (Å²) in [5.74, 6) is -0.162. The Labute approximate surface area is 103 Å². The van der Waals surface area contributed by atoms with Gasteiger partial charge in [0.05, 0.1) is 13.3 Å². The Bertz CT molecular complexity index is 549. The van der Waals surface area contributed by atoms with Crippen molar-refractivity contribution >= 4 is 5.82 Å². The molecule has 0 amide bonds. The molecule has 2 rings (SSSR count). The zero-order valence-electron chi connectivity index (χ0n) is 9.76. The Hall–Kier alpha value is -2.37. The van der Waals surface area contributed by atoms with Gasteiger partial charge >= 0.3 is 6.01 Å². The van der Waals surface area contributed by atoms with Crippen LogP contribution in [0.15, 0.2) is 30.5 Å². The first kappa shape index (κ1) is 12.1. The number of hydrogen-bond acceptors (Lipinski definition) is 5. The van der Waals surface area contributed by atoms with Crippen LogP contribution in [-0.4, -0.2) is 17.1 Å². The maximum absolute atomic E-state index is 12.8. The van der Waals surface area contributed by atoms with E-state index in [0.29, 0.717) is 0 Å². The summed E-state index contributed by atoms with van der Waals surface area (Å²) >= 11 is 0. The fourth-order valence-electron chi connectivity index (χ4n) is 1.34. The van der Waals surface area contributed by atoms with Crippen LogP contribution in [0.2, 0.25) is 0 Å². The molecule has 0 unspecified atom stereocenters. The standard InChI is InChI=1S/C12H12FN3O2/c1-17-9-4-2-3-8(5-9)7-18-12-15-6-10(13)11(14)16-12/h2-6H,7H2,1H3,(H2,14,15,16). The summed E-state index contributed by atoms with van der Waals surface area (Å²) < 4.78 is 23.2. The smallest absolute Gasteiger partial charge is 0.318 e. The lowest BCUT2D eigenvalue weighted by atomic mass is 10.2. The molecule has 18 heavy (non-hydrogen) atoms. The summed E-state index contributed by atoms with van der Waals surface area (Å²) in [6.45, 7) is 0.252. The van der Waals surface area contributed by atoms with Gasteiger partial charge in [-0.05, 0) is 17.7 Å². The number of halogens is 1. The van der Waals surface area contributed by atoms with Crippen molar-refractivity contribution in [2.24, 2.45) is 0 Å². The van der Waals surface area contributed by atoms with Crippen molar-refractivity contribution < 1.29 is 13.9 Å². The number of rotatable bonds is 4. The Morgan fingerprint density at radius 3 is 2.94 bits per heavy atom. The second-order valence-electron chi connectivity index (χ2n) is 3.53. The van der Waals surface area contributed by atoms with Crippen LogP contribution >= 0.6 is 0 Å². The summed E-state index contributed by atoms with van der Waals surface area (Å²) in [6, 6.07) is 7.41. The van der Waals surface area contributed by atoms with Crippen LogP contribution in [0.1, 0.15) is 5.56 Å². The maximum atomic E-state index is 12.8. The van der Waals surface area contributed by atoms with Gasteiger partial charge in [-0.1, -0.05) is 12.1 Å². The van der Waals surface area contributed by atoms with E-state index in [1.165, 1.54) is 0 Å². The summed E-state index contributed by atoms with van der Waals surface area (Å²) in [6.07, 6.45) is 0.975. The van der Waals surface area contributed by atoms with Crippen molar-refractivity contribution in [1.82, 2.24) is 9.97 Å². The molecule has 6 heteroatoms. The topological polar surface area (TPSA) is 70.3 Å². The van der Waals surface area contributed by atoms with Gasteiger partial charge in [-0.15, -0.1) is 0 Å². The zero-order valence-corrected chi connectivity index (χ0v) is 9.76. The summed E-state index contributed by atoms with van der Waals surface area (Å²) in [7, 11) is 1.59. The molecule has 1 heterocycles. The van der Waals surface area contributed by atoms with E-state index in [4.69, 9.17) is 15.2 Å². The number of ether oxygens (including phenoxy) is 2. The highest BCUT2D eigenvalue weighted by Gasteiger charge is 2.04. The second-order valence-corrected chi connectivity index (χ2v) is 3.53. The van der Waals surface area contributed by atoms with Crippen molar-refractivity contribution in [2.75, 3.05) is 12.8 Å². The number of nitrogens with zero attached hydrogens (tertiary/aromatic N) is 2. The summed E-state index contributed by atoms with van der Waals surface area (Å²) in [5, 5.41) is 0. The predicted molar refractivity (Wildman–Crippen MR) is 63.7 cm³/mol. The van der Waals surface area contributed by atoms with E-state index < -0.39 is 5.82 Å². The van der Waals surface area contributed by atoms with Crippen LogP contribution in [0.25, 0.3) is 0 Å². The van der Waals surface area contributed by atoms with Crippen LogP contribution < -0.4 is 15.2 Å². The molecule has 0 spiro atoms. The molecule has 0 saturated carbocycles. The highest BCUT2D eigenvalue weighted by Crippen LogP contribution is 2.15. The van der Waals surface area contributed by atoms with Crippen LogP contribution in [0.5, 0.6) is 11.8 Å². The lowest BCUT2D eigenvalue weighted by Crippen LogP contribution is -2.03. The molecule has 0 bridgehead atoms. The van der Waals surface area contributed by atoms with Crippen molar-refractivity contribution in [1.29, 1.82) is 0 Å². The molecular weight excluding hydrogens is 237 g/mol. The molecule has 0 aliphatic rings. The van der Waals surface area contributed by atoms with Crippen molar-refractivity contribution in [3.63, 3.8) is 0 Å². The molecule has 2 aromatic rings. The molecule has 0 atom stereocenters. The molecule has 94 valence electrons. The number of nitrogen functional groups attached to an aromatic ring is 1. The first-order chi connectivity index (χ1) is 8.69. The number of methoxy groups -OCH3 is 1. The lowest BCUT2D eigenvalue weighted by molar-refractivity contribution is 0.279. The third-order valence-electron chi connectivity index (χ3n) is 2.25. The summed E-state index contributed by atoms with van der Waals surface area (Å²) in [5.41, 5.74) is 6.20. The molecular formula is C12H12FN3O2. The van der Waals surface area contributed by atoms with Gasteiger partial charge in [-0.25, -0.2) is 9.37 Å². The van der Waals surface area contributed by atoms with E-state index in [0.717, 1.165) is 17.5 Å². The minimum Gasteiger partial charge on any atom is -0.497 e. The first-order valence-corrected chi connectivity index (χ1v) is 5.23. The number of anilines is 1. The van der Waals surface area contributed by atoms with Crippen LogP contribution in [0.4, 0.5) is 10.2 Å². The van der Waals surface area contributed by atoms with E-state index in [2.05, 4.69) is 9.97 Å². The molecule has 0 radical (unpaired) electrons. The average Bonchev–Trinajstić information content (AvgIpc) is 2.40. The highest BCUT2D eigenvalue weighted by atomic mass is 19.1. The Kier molecular flexibility index (Phi) is 3.57. The molecule has 1 aromatic carbocycles. The first-order valence-electron chi connectivity index (χ1n) is 5.23. The fraction of sp³-hybridized carbons (Fsp3) is 0.167. The number of hydrogen-bond donors (Lipinski definition) is 1. The predicted octanol–water partition coefficient (Wildman–Crippen LogP) is 1.79. The third kappa shape index (κ3) is 2.85. The Morgan fingerprint density at radius 2 is 2.22 bits per heavy atom. The van der Waals surface area contributed by atoms with Crippen molar-refractivity contribution in [3.8, 4) is 11.8 Å². The number of aromatic nitrogens is 2. The second kappa shape index (κ2) is 5.31. The molecule has 1 aromatic heterocycles. The van der Waals surface area contributed by atoms with Gasteiger partial charge in [-0.3, -0.25) is 0 Å². The molecule has 5 nitrogen and oxygen atoms in total. The molecule has 2 N–H and O–H groups in total. The van der Waals surface area contributed by atoms with Crippen LogP contribution in [0, 0.1) is 5.82 Å². The van der Waals surface area contributed by atoms with Gasteiger partial charge in [0.25, 0.3) is 0 Å². The molecule has 0 fully saturated rings. The van der Waals surface area contributed by atoms with E-state index in [9.17, 15) is 4.39 Å². The quantitative estimate of drug-likeness (QED) is 0.894. The van der Waals surface area contributed by atoms with Crippen molar-refractivity contribution in [3.05, 3.63) is 41.8 Å². The van der Waals surface area contributed by atoms with Crippen molar-refractivity contribution in [2.45, 2.75) is 6.61 Å². The van der Waals surface area contributed by atoms with Gasteiger partial charge in [0.1, 0.15) is 12.4 Å². The van der Waals surface area contributed by atoms with E-state index in [1.54, 1.807) is 7.11 Å². The monoisotopic (exact) mass is 249 g/mol. The zero-order chi connectivity index (χ0) is 13.0. The molecule has 0 aliphatic heterocycles. The number of benzene rings is 1. The Morgan fingerprint density at radius 1 is 1.39 bits per heavy atom. The Balaban J connectivity index is 2.04. The summed E-state index contributed by atoms with van der Waals surface area (Å²) in [4.78, 5) is 7.35. The normalized spacial score (nSPS) is 10.1. The molecule has 0 saturated heterocycles. The molecule has 0 aliphatic carbocycles. The van der Waals surface area contributed by atoms with Gasteiger partial charge in [0.2, 0.25) is 0 Å². The van der Waals surface area contributed by atoms with Gasteiger partial charge in [-0.2, -0.15) is 4.98 Å². The van der Waals surface area contributed by atoms with E-state index >= 15 is 0 Å². The van der Waals surface area contributed by atoms with Gasteiger partial charge < -0.3 is 15.2 Å². The fourth-order valence-corrected chi connectivity index (χ4v) is 1.34. The highest BCUT2D eigenvalue weighted by molar-refractivity contribution is 5.30. The number of nitrogens with two attached hydrogens (primary N) is 1. The average molecular weight is 249 g/mol. The SMILES string of the molecule is COc1cccc(COc2ncc(F)c(N)n2)c1. The minimum absolute atomic E-state index is 0.0386. The maximum Gasteiger partial charge on any atom is 0.318 e. The van der Waals surface area contributed by atoms with Gasteiger partial charge in [0, 0.05) is 0 Å². The van der Waals surface area contributed by atoms with E-state index in [-0.39, 0.29) is 18.4 Å². The largest absolute Gasteiger partial charge is 0.497 e. The lowest BCUT2D eigenvalue weighted by Gasteiger charge is -2.06.